The summed E-state index contributed by atoms with van der Waals surface area (Å²) in [5.41, 5.74) is 1.19. The molecule has 0 saturated carbocycles. The quantitative estimate of drug-likeness (QED) is 0.624. The second-order valence-electron chi connectivity index (χ2n) is 8.24. The minimum Gasteiger partial charge on any atom is -0.332 e. The van der Waals surface area contributed by atoms with Gasteiger partial charge in [0.2, 0.25) is 5.91 Å². The summed E-state index contributed by atoms with van der Waals surface area (Å²) in [6.45, 7) is 5.82. The van der Waals surface area contributed by atoms with Crippen LogP contribution in [0.3, 0.4) is 0 Å². The molecule has 0 radical (unpaired) electrons. The number of rotatable bonds is 5. The third kappa shape index (κ3) is 5.30. The van der Waals surface area contributed by atoms with Crippen molar-refractivity contribution in [3.05, 3.63) is 76.7 Å². The van der Waals surface area contributed by atoms with Crippen LogP contribution in [0.15, 0.2) is 54.6 Å². The molecular formula is C23H24ClFN4O2. The third-order valence-corrected chi connectivity index (χ3v) is 4.90. The Bertz CT molecular complexity index is 1100. The summed E-state index contributed by atoms with van der Waals surface area (Å²) in [6.07, 6.45) is 0. The lowest BCUT2D eigenvalue weighted by Gasteiger charge is -2.17. The number of nitrogens with one attached hydrogen (secondary N) is 1. The highest BCUT2D eigenvalue weighted by Crippen LogP contribution is 2.27. The molecule has 3 rings (SSSR count). The Labute approximate surface area is 185 Å². The summed E-state index contributed by atoms with van der Waals surface area (Å²) in [7, 11) is 1.45. The number of halogens is 2. The Balaban J connectivity index is 1.81. The van der Waals surface area contributed by atoms with Crippen molar-refractivity contribution in [2.75, 3.05) is 18.9 Å². The highest BCUT2D eigenvalue weighted by molar-refractivity contribution is 6.30. The number of carbonyl (C=O) groups is 2. The van der Waals surface area contributed by atoms with Gasteiger partial charge in [0.05, 0.1) is 23.5 Å². The first-order chi connectivity index (χ1) is 14.6. The maximum atomic E-state index is 13.9. The number of carbonyl (C=O) groups excluding carboxylic acids is 2. The smallest absolute Gasteiger partial charge is 0.257 e. The highest BCUT2D eigenvalue weighted by atomic mass is 35.5. The number of hydrogen-bond donors (Lipinski definition) is 1. The number of likely N-dealkylation sites (N-methyl/N-ethyl adjacent to an activating group) is 1. The Hall–Kier alpha value is -3.19. The van der Waals surface area contributed by atoms with Gasteiger partial charge in [-0.2, -0.15) is 5.10 Å². The van der Waals surface area contributed by atoms with Crippen LogP contribution in [0.4, 0.5) is 10.2 Å². The fraction of sp³-hybridized carbons (Fsp3) is 0.261. The standard InChI is InChI=1S/C23H24ClFN4O2/c1-23(2,3)19-13-20(29(27-19)16-11-9-15(24)10-12-16)26-21(30)14-28(4)22(31)17-7-5-6-8-18(17)25/h5-13H,14H2,1-4H3,(H,26,30). The number of hydrogen-bond acceptors (Lipinski definition) is 3. The summed E-state index contributed by atoms with van der Waals surface area (Å²) in [4.78, 5) is 26.3. The molecule has 0 aliphatic heterocycles. The minimum absolute atomic E-state index is 0.0842. The lowest BCUT2D eigenvalue weighted by atomic mass is 9.92. The number of aromatic nitrogens is 2. The Morgan fingerprint density at radius 3 is 2.39 bits per heavy atom. The molecule has 0 aliphatic rings. The number of benzene rings is 2. The third-order valence-electron chi connectivity index (χ3n) is 4.65. The van der Waals surface area contributed by atoms with Gasteiger partial charge in [-0.1, -0.05) is 44.5 Å². The largest absolute Gasteiger partial charge is 0.332 e. The van der Waals surface area contributed by atoms with E-state index in [1.54, 1.807) is 41.1 Å². The molecule has 0 atom stereocenters. The van der Waals surface area contributed by atoms with E-state index in [2.05, 4.69) is 10.4 Å². The van der Waals surface area contributed by atoms with Crippen molar-refractivity contribution in [1.29, 1.82) is 0 Å². The molecule has 1 heterocycles. The molecule has 0 bridgehead atoms. The fourth-order valence-corrected chi connectivity index (χ4v) is 3.05. The van der Waals surface area contributed by atoms with Gasteiger partial charge in [0.1, 0.15) is 11.6 Å². The van der Waals surface area contributed by atoms with Crippen LogP contribution in [0, 0.1) is 5.82 Å². The van der Waals surface area contributed by atoms with Crippen molar-refractivity contribution in [2.45, 2.75) is 26.2 Å². The highest BCUT2D eigenvalue weighted by Gasteiger charge is 2.23. The van der Waals surface area contributed by atoms with Crippen LogP contribution in [-0.4, -0.2) is 40.1 Å². The maximum absolute atomic E-state index is 13.9. The van der Waals surface area contributed by atoms with Crippen LogP contribution in [0.2, 0.25) is 5.02 Å². The Kier molecular flexibility index (Phi) is 6.45. The molecule has 3 aromatic rings. The first kappa shape index (κ1) is 22.5. The molecule has 162 valence electrons. The van der Waals surface area contributed by atoms with Crippen LogP contribution in [-0.2, 0) is 10.2 Å². The Morgan fingerprint density at radius 1 is 1.13 bits per heavy atom. The van der Waals surface area contributed by atoms with E-state index < -0.39 is 17.6 Å². The molecule has 1 aromatic heterocycles. The second kappa shape index (κ2) is 8.89. The van der Waals surface area contributed by atoms with Gasteiger partial charge < -0.3 is 10.2 Å². The number of amides is 2. The molecule has 6 nitrogen and oxygen atoms in total. The summed E-state index contributed by atoms with van der Waals surface area (Å²) in [5, 5.41) is 8.03. The van der Waals surface area contributed by atoms with Crippen molar-refractivity contribution < 1.29 is 14.0 Å². The summed E-state index contributed by atoms with van der Waals surface area (Å²) >= 11 is 5.99. The molecule has 0 saturated heterocycles. The zero-order chi connectivity index (χ0) is 22.8. The van der Waals surface area contributed by atoms with E-state index in [1.807, 2.05) is 20.8 Å². The van der Waals surface area contributed by atoms with E-state index in [0.29, 0.717) is 10.8 Å². The minimum atomic E-state index is -0.629. The van der Waals surface area contributed by atoms with Crippen molar-refractivity contribution in [2.24, 2.45) is 0 Å². The molecule has 2 aromatic carbocycles. The fourth-order valence-electron chi connectivity index (χ4n) is 2.93. The van der Waals surface area contributed by atoms with Crippen LogP contribution in [0.5, 0.6) is 0 Å². The molecule has 8 heteroatoms. The van der Waals surface area contributed by atoms with Gasteiger partial charge in [0.15, 0.2) is 0 Å². The molecule has 0 unspecified atom stereocenters. The topological polar surface area (TPSA) is 67.2 Å². The molecule has 31 heavy (non-hydrogen) atoms. The van der Waals surface area contributed by atoms with Crippen molar-refractivity contribution in [3.63, 3.8) is 0 Å². The van der Waals surface area contributed by atoms with Gasteiger partial charge in [-0.15, -0.1) is 0 Å². The van der Waals surface area contributed by atoms with Gasteiger partial charge in [0, 0.05) is 23.6 Å². The molecule has 0 aliphatic carbocycles. The molecular weight excluding hydrogens is 419 g/mol. The zero-order valence-corrected chi connectivity index (χ0v) is 18.6. The first-order valence-corrected chi connectivity index (χ1v) is 10.1. The lowest BCUT2D eigenvalue weighted by Crippen LogP contribution is -2.35. The van der Waals surface area contributed by atoms with Crippen LogP contribution in [0.25, 0.3) is 5.69 Å². The predicted molar refractivity (Wildman–Crippen MR) is 119 cm³/mol. The average molecular weight is 443 g/mol. The molecule has 0 fully saturated rings. The first-order valence-electron chi connectivity index (χ1n) is 9.72. The summed E-state index contributed by atoms with van der Waals surface area (Å²) in [5.74, 6) is -1.17. The second-order valence-corrected chi connectivity index (χ2v) is 8.68. The monoisotopic (exact) mass is 442 g/mol. The van der Waals surface area contributed by atoms with Gasteiger partial charge in [-0.3, -0.25) is 9.59 Å². The van der Waals surface area contributed by atoms with Gasteiger partial charge in [-0.25, -0.2) is 9.07 Å². The molecule has 1 N–H and O–H groups in total. The molecule has 0 spiro atoms. The lowest BCUT2D eigenvalue weighted by molar-refractivity contribution is -0.116. The number of anilines is 1. The van der Waals surface area contributed by atoms with E-state index in [1.165, 1.54) is 30.1 Å². The summed E-state index contributed by atoms with van der Waals surface area (Å²) in [6, 6.07) is 14.5. The SMILES string of the molecule is CN(CC(=O)Nc1cc(C(C)(C)C)nn1-c1ccc(Cl)cc1)C(=O)c1ccccc1F. The van der Waals surface area contributed by atoms with Crippen molar-refractivity contribution in [1.82, 2.24) is 14.7 Å². The Morgan fingerprint density at radius 2 is 1.77 bits per heavy atom. The molecule has 2 amide bonds. The zero-order valence-electron chi connectivity index (χ0n) is 17.8. The van der Waals surface area contributed by atoms with E-state index in [0.717, 1.165) is 11.4 Å². The van der Waals surface area contributed by atoms with Crippen LogP contribution < -0.4 is 5.32 Å². The van der Waals surface area contributed by atoms with E-state index >= 15 is 0 Å². The van der Waals surface area contributed by atoms with Gasteiger partial charge in [0.25, 0.3) is 5.91 Å². The average Bonchev–Trinajstić information content (AvgIpc) is 3.12. The van der Waals surface area contributed by atoms with Crippen molar-refractivity contribution >= 4 is 29.2 Å². The summed E-state index contributed by atoms with van der Waals surface area (Å²) < 4.78 is 15.5. The van der Waals surface area contributed by atoms with Crippen LogP contribution in [0.1, 0.15) is 36.8 Å². The number of nitrogens with zero attached hydrogens (tertiary/aromatic N) is 3. The van der Waals surface area contributed by atoms with E-state index in [9.17, 15) is 14.0 Å². The normalized spacial score (nSPS) is 11.3. The van der Waals surface area contributed by atoms with Gasteiger partial charge in [-0.05, 0) is 36.4 Å². The predicted octanol–water partition coefficient (Wildman–Crippen LogP) is 4.67. The van der Waals surface area contributed by atoms with Crippen LogP contribution >= 0.6 is 11.6 Å². The van der Waals surface area contributed by atoms with E-state index in [4.69, 9.17) is 11.6 Å². The van der Waals surface area contributed by atoms with Gasteiger partial charge >= 0.3 is 0 Å². The van der Waals surface area contributed by atoms with E-state index in [-0.39, 0.29) is 17.5 Å². The van der Waals surface area contributed by atoms with Crippen molar-refractivity contribution in [3.8, 4) is 5.69 Å². The maximum Gasteiger partial charge on any atom is 0.257 e.